The number of ether oxygens (including phenoxy) is 1. The first kappa shape index (κ1) is 10.2. The summed E-state index contributed by atoms with van der Waals surface area (Å²) in [6.45, 7) is 0.918. The molecule has 2 aliphatic rings. The molecule has 1 aliphatic heterocycles. The molecule has 80 valence electrons. The van der Waals surface area contributed by atoms with Gasteiger partial charge in [-0.3, -0.25) is 0 Å². The second kappa shape index (κ2) is 4.94. The van der Waals surface area contributed by atoms with Crippen molar-refractivity contribution in [2.45, 2.75) is 50.7 Å². The standard InChI is InChI=1S/C12H21NO/c13-11(9-10-5-1-2-6-10)12-7-3-4-8-14-12/h1-2,10-12H,3-9,13H2. The summed E-state index contributed by atoms with van der Waals surface area (Å²) in [5.74, 6) is 0.788. The van der Waals surface area contributed by atoms with Gasteiger partial charge in [0.15, 0.2) is 0 Å². The first-order valence-electron chi connectivity index (χ1n) is 5.88. The van der Waals surface area contributed by atoms with Crippen LogP contribution in [0, 0.1) is 5.92 Å². The Balaban J connectivity index is 1.73. The van der Waals surface area contributed by atoms with Crippen molar-refractivity contribution >= 4 is 0 Å². The van der Waals surface area contributed by atoms with E-state index in [4.69, 9.17) is 10.5 Å². The number of rotatable bonds is 3. The SMILES string of the molecule is NC(CC1CC=CC1)C1CCCCO1. The van der Waals surface area contributed by atoms with Crippen LogP contribution in [0.2, 0.25) is 0 Å². The van der Waals surface area contributed by atoms with E-state index in [-0.39, 0.29) is 6.04 Å². The monoisotopic (exact) mass is 195 g/mol. The minimum absolute atomic E-state index is 0.264. The lowest BCUT2D eigenvalue weighted by molar-refractivity contribution is -0.00374. The van der Waals surface area contributed by atoms with Crippen molar-refractivity contribution < 1.29 is 4.74 Å². The molecule has 0 bridgehead atoms. The fourth-order valence-electron chi connectivity index (χ4n) is 2.51. The van der Waals surface area contributed by atoms with E-state index in [1.807, 2.05) is 0 Å². The van der Waals surface area contributed by atoms with Gasteiger partial charge in [-0.2, -0.15) is 0 Å². The van der Waals surface area contributed by atoms with Crippen molar-refractivity contribution in [3.8, 4) is 0 Å². The van der Waals surface area contributed by atoms with Crippen LogP contribution < -0.4 is 5.73 Å². The van der Waals surface area contributed by atoms with Gasteiger partial charge in [-0.25, -0.2) is 0 Å². The van der Waals surface area contributed by atoms with Gasteiger partial charge in [0.25, 0.3) is 0 Å². The Morgan fingerprint density at radius 2 is 2.07 bits per heavy atom. The zero-order chi connectivity index (χ0) is 9.80. The first-order chi connectivity index (χ1) is 6.86. The Morgan fingerprint density at radius 1 is 1.29 bits per heavy atom. The molecule has 0 aromatic rings. The average molecular weight is 195 g/mol. The Hall–Kier alpha value is -0.340. The van der Waals surface area contributed by atoms with Crippen molar-refractivity contribution in [1.29, 1.82) is 0 Å². The fourth-order valence-corrected chi connectivity index (χ4v) is 2.51. The van der Waals surface area contributed by atoms with E-state index in [0.29, 0.717) is 6.10 Å². The average Bonchev–Trinajstić information content (AvgIpc) is 2.72. The lowest BCUT2D eigenvalue weighted by atomic mass is 9.92. The minimum atomic E-state index is 0.264. The molecule has 0 amide bonds. The molecule has 14 heavy (non-hydrogen) atoms. The van der Waals surface area contributed by atoms with Crippen LogP contribution in [0.5, 0.6) is 0 Å². The molecule has 0 saturated carbocycles. The molecule has 1 aliphatic carbocycles. The molecular weight excluding hydrogens is 174 g/mol. The molecule has 0 spiro atoms. The second-order valence-corrected chi connectivity index (χ2v) is 4.61. The van der Waals surface area contributed by atoms with Crippen molar-refractivity contribution in [3.63, 3.8) is 0 Å². The molecule has 2 rings (SSSR count). The number of allylic oxidation sites excluding steroid dienone is 2. The highest BCUT2D eigenvalue weighted by atomic mass is 16.5. The molecule has 0 aromatic heterocycles. The molecule has 2 atom stereocenters. The summed E-state index contributed by atoms with van der Waals surface area (Å²) in [6, 6.07) is 0.264. The number of hydrogen-bond acceptors (Lipinski definition) is 2. The molecular formula is C12H21NO. The molecule has 2 N–H and O–H groups in total. The molecule has 2 heteroatoms. The third kappa shape index (κ3) is 2.58. The summed E-state index contributed by atoms with van der Waals surface area (Å²) in [6.07, 6.45) is 12.2. The maximum atomic E-state index is 6.18. The Kier molecular flexibility index (Phi) is 3.60. The Bertz CT molecular complexity index is 188. The molecule has 2 unspecified atom stereocenters. The number of nitrogens with two attached hydrogens (primary N) is 1. The zero-order valence-electron chi connectivity index (χ0n) is 8.82. The summed E-state index contributed by atoms with van der Waals surface area (Å²) in [5.41, 5.74) is 6.18. The van der Waals surface area contributed by atoms with Gasteiger partial charge < -0.3 is 10.5 Å². The smallest absolute Gasteiger partial charge is 0.0726 e. The van der Waals surface area contributed by atoms with Gasteiger partial charge in [-0.15, -0.1) is 0 Å². The summed E-state index contributed by atoms with van der Waals surface area (Å²) in [5, 5.41) is 0. The van der Waals surface area contributed by atoms with Crippen molar-refractivity contribution in [2.75, 3.05) is 6.61 Å². The van der Waals surface area contributed by atoms with Crippen LogP contribution in [0.25, 0.3) is 0 Å². The predicted octanol–water partition coefficient (Wildman–Crippen LogP) is 2.24. The van der Waals surface area contributed by atoms with Gasteiger partial charge in [0.2, 0.25) is 0 Å². The van der Waals surface area contributed by atoms with Crippen LogP contribution in [0.1, 0.15) is 38.5 Å². The van der Waals surface area contributed by atoms with Crippen LogP contribution in [0.15, 0.2) is 12.2 Å². The highest BCUT2D eigenvalue weighted by Gasteiger charge is 2.24. The van der Waals surface area contributed by atoms with Gasteiger partial charge in [-0.1, -0.05) is 12.2 Å². The molecule has 2 nitrogen and oxygen atoms in total. The van der Waals surface area contributed by atoms with Gasteiger partial charge in [0.1, 0.15) is 0 Å². The van der Waals surface area contributed by atoms with Crippen LogP contribution >= 0.6 is 0 Å². The van der Waals surface area contributed by atoms with Gasteiger partial charge >= 0.3 is 0 Å². The summed E-state index contributed by atoms with van der Waals surface area (Å²) >= 11 is 0. The molecule has 1 heterocycles. The van der Waals surface area contributed by atoms with Crippen LogP contribution in [0.4, 0.5) is 0 Å². The second-order valence-electron chi connectivity index (χ2n) is 4.61. The van der Waals surface area contributed by atoms with E-state index >= 15 is 0 Å². The van der Waals surface area contributed by atoms with Crippen LogP contribution in [0.3, 0.4) is 0 Å². The molecule has 1 fully saturated rings. The van der Waals surface area contributed by atoms with Gasteiger partial charge in [-0.05, 0) is 44.4 Å². The van der Waals surface area contributed by atoms with Crippen molar-refractivity contribution in [3.05, 3.63) is 12.2 Å². The van der Waals surface area contributed by atoms with E-state index in [9.17, 15) is 0 Å². The highest BCUT2D eigenvalue weighted by molar-refractivity contribution is 4.95. The largest absolute Gasteiger partial charge is 0.377 e. The third-order valence-electron chi connectivity index (χ3n) is 3.40. The van der Waals surface area contributed by atoms with Crippen LogP contribution in [-0.4, -0.2) is 18.8 Å². The van der Waals surface area contributed by atoms with Gasteiger partial charge in [0.05, 0.1) is 6.10 Å². The van der Waals surface area contributed by atoms with E-state index in [1.165, 1.54) is 32.1 Å². The summed E-state index contributed by atoms with van der Waals surface area (Å²) in [7, 11) is 0. The highest BCUT2D eigenvalue weighted by Crippen LogP contribution is 2.25. The van der Waals surface area contributed by atoms with Gasteiger partial charge in [0, 0.05) is 12.6 Å². The normalized spacial score (nSPS) is 30.8. The van der Waals surface area contributed by atoms with Crippen molar-refractivity contribution in [2.24, 2.45) is 11.7 Å². The maximum absolute atomic E-state index is 6.18. The third-order valence-corrected chi connectivity index (χ3v) is 3.40. The predicted molar refractivity (Wildman–Crippen MR) is 58.0 cm³/mol. The fraction of sp³-hybridized carbons (Fsp3) is 0.833. The lowest BCUT2D eigenvalue weighted by Crippen LogP contribution is -2.40. The summed E-state index contributed by atoms with van der Waals surface area (Å²) < 4.78 is 5.70. The van der Waals surface area contributed by atoms with E-state index in [2.05, 4.69) is 12.2 Å². The molecule has 0 radical (unpaired) electrons. The lowest BCUT2D eigenvalue weighted by Gasteiger charge is -2.29. The molecule has 1 saturated heterocycles. The van der Waals surface area contributed by atoms with Crippen molar-refractivity contribution in [1.82, 2.24) is 0 Å². The Morgan fingerprint density at radius 3 is 2.71 bits per heavy atom. The minimum Gasteiger partial charge on any atom is -0.377 e. The Labute approximate surface area is 86.5 Å². The van der Waals surface area contributed by atoms with E-state index in [0.717, 1.165) is 18.9 Å². The van der Waals surface area contributed by atoms with Crippen LogP contribution in [-0.2, 0) is 4.74 Å². The number of hydrogen-bond donors (Lipinski definition) is 1. The molecule has 0 aromatic carbocycles. The summed E-state index contributed by atoms with van der Waals surface area (Å²) in [4.78, 5) is 0. The zero-order valence-corrected chi connectivity index (χ0v) is 8.82. The first-order valence-corrected chi connectivity index (χ1v) is 5.88. The van der Waals surface area contributed by atoms with E-state index < -0.39 is 0 Å². The topological polar surface area (TPSA) is 35.2 Å². The van der Waals surface area contributed by atoms with E-state index in [1.54, 1.807) is 0 Å². The maximum Gasteiger partial charge on any atom is 0.0726 e. The quantitative estimate of drug-likeness (QED) is 0.701.